The smallest absolute Gasteiger partial charge is 0.0991 e. The van der Waals surface area contributed by atoms with E-state index in [0.717, 1.165) is 17.5 Å². The molecule has 3 rings (SSSR count). The summed E-state index contributed by atoms with van der Waals surface area (Å²) in [6.07, 6.45) is 8.42. The summed E-state index contributed by atoms with van der Waals surface area (Å²) >= 11 is 0. The second-order valence-electron chi connectivity index (χ2n) is 5.85. The third-order valence-corrected chi connectivity index (χ3v) is 4.56. The van der Waals surface area contributed by atoms with Gasteiger partial charge in [0.15, 0.2) is 0 Å². The fraction of sp³-hybridized carbons (Fsp3) is 0.471. The molecule has 1 unspecified atom stereocenters. The average molecular weight is 267 g/mol. The van der Waals surface area contributed by atoms with Crippen LogP contribution in [0.15, 0.2) is 24.4 Å². The maximum atomic E-state index is 9.03. The predicted molar refractivity (Wildman–Crippen MR) is 81.6 cm³/mol. The van der Waals surface area contributed by atoms with Gasteiger partial charge in [-0.25, -0.2) is 0 Å². The lowest BCUT2D eigenvalue weighted by molar-refractivity contribution is 0.176. The number of hydrogen-bond acceptors (Lipinski definition) is 2. The summed E-state index contributed by atoms with van der Waals surface area (Å²) in [6, 6.07) is 8.82. The molecule has 1 aromatic carbocycles. The molecule has 0 amide bonds. The lowest BCUT2D eigenvalue weighted by atomic mass is 9.96. The van der Waals surface area contributed by atoms with Crippen molar-refractivity contribution in [3.8, 4) is 6.07 Å². The maximum absolute atomic E-state index is 9.03. The van der Waals surface area contributed by atoms with E-state index in [-0.39, 0.29) is 0 Å². The van der Waals surface area contributed by atoms with Crippen LogP contribution in [0.1, 0.15) is 36.8 Å². The molecule has 3 heteroatoms. The van der Waals surface area contributed by atoms with Crippen molar-refractivity contribution < 1.29 is 0 Å². The predicted octanol–water partition coefficient (Wildman–Crippen LogP) is 3.46. The summed E-state index contributed by atoms with van der Waals surface area (Å²) in [5.74, 6) is 0. The van der Waals surface area contributed by atoms with Crippen LogP contribution in [0.2, 0.25) is 0 Å². The molecule has 0 saturated carbocycles. The second kappa shape index (κ2) is 5.68. The highest BCUT2D eigenvalue weighted by atomic mass is 15.1. The van der Waals surface area contributed by atoms with Crippen molar-refractivity contribution >= 4 is 10.9 Å². The Balaban J connectivity index is 1.75. The Bertz CT molecular complexity index is 635. The number of nitriles is 1. The maximum Gasteiger partial charge on any atom is 0.0991 e. The number of rotatable bonds is 3. The van der Waals surface area contributed by atoms with Gasteiger partial charge in [0.25, 0.3) is 0 Å². The molecule has 0 radical (unpaired) electrons. The zero-order valence-corrected chi connectivity index (χ0v) is 12.0. The minimum absolute atomic E-state index is 0.716. The number of fused-ring (bicyclic) bond motifs is 1. The van der Waals surface area contributed by atoms with Crippen LogP contribution in [0.25, 0.3) is 10.9 Å². The van der Waals surface area contributed by atoms with Gasteiger partial charge in [0.05, 0.1) is 11.6 Å². The zero-order chi connectivity index (χ0) is 13.9. The molecule has 104 valence electrons. The van der Waals surface area contributed by atoms with Crippen LogP contribution in [0.3, 0.4) is 0 Å². The first-order chi connectivity index (χ1) is 9.78. The van der Waals surface area contributed by atoms with Gasteiger partial charge >= 0.3 is 0 Å². The highest BCUT2D eigenvalue weighted by Crippen LogP contribution is 2.24. The van der Waals surface area contributed by atoms with Crippen LogP contribution in [-0.4, -0.2) is 29.5 Å². The van der Waals surface area contributed by atoms with Gasteiger partial charge in [-0.3, -0.25) is 0 Å². The SMILES string of the molecule is CN1CCCCC1CCc1c[nH]c2ccc(C#N)cc12. The van der Waals surface area contributed by atoms with Gasteiger partial charge in [-0.15, -0.1) is 0 Å². The molecule has 1 aliphatic heterocycles. The lowest BCUT2D eigenvalue weighted by Gasteiger charge is -2.32. The summed E-state index contributed by atoms with van der Waals surface area (Å²) in [7, 11) is 2.24. The minimum Gasteiger partial charge on any atom is -0.361 e. The van der Waals surface area contributed by atoms with E-state index in [2.05, 4.69) is 29.2 Å². The van der Waals surface area contributed by atoms with Gasteiger partial charge in [-0.05, 0) is 63.0 Å². The summed E-state index contributed by atoms with van der Waals surface area (Å²) in [4.78, 5) is 5.81. The topological polar surface area (TPSA) is 42.8 Å². The quantitative estimate of drug-likeness (QED) is 0.925. The van der Waals surface area contributed by atoms with Crippen LogP contribution in [0.5, 0.6) is 0 Å². The van der Waals surface area contributed by atoms with Crippen molar-refractivity contribution in [2.45, 2.75) is 38.1 Å². The number of benzene rings is 1. The normalized spacial score (nSPS) is 20.1. The second-order valence-corrected chi connectivity index (χ2v) is 5.85. The number of aromatic amines is 1. The Morgan fingerprint density at radius 1 is 1.40 bits per heavy atom. The van der Waals surface area contributed by atoms with Gasteiger partial charge in [0.1, 0.15) is 0 Å². The van der Waals surface area contributed by atoms with Gasteiger partial charge in [0.2, 0.25) is 0 Å². The van der Waals surface area contributed by atoms with Crippen LogP contribution in [0.4, 0.5) is 0 Å². The molecule has 1 fully saturated rings. The Morgan fingerprint density at radius 3 is 3.10 bits per heavy atom. The monoisotopic (exact) mass is 267 g/mol. The van der Waals surface area contributed by atoms with E-state index < -0.39 is 0 Å². The van der Waals surface area contributed by atoms with Crippen LogP contribution < -0.4 is 0 Å². The van der Waals surface area contributed by atoms with Crippen molar-refractivity contribution in [2.24, 2.45) is 0 Å². The minimum atomic E-state index is 0.716. The number of nitrogens with one attached hydrogen (secondary N) is 1. The molecular formula is C17H21N3. The molecule has 2 heterocycles. The van der Waals surface area contributed by atoms with Crippen LogP contribution >= 0.6 is 0 Å². The molecule has 1 aliphatic rings. The Hall–Kier alpha value is -1.79. The van der Waals surface area contributed by atoms with E-state index >= 15 is 0 Å². The third-order valence-electron chi connectivity index (χ3n) is 4.56. The number of piperidine rings is 1. The fourth-order valence-corrected chi connectivity index (χ4v) is 3.29. The molecule has 3 nitrogen and oxygen atoms in total. The zero-order valence-electron chi connectivity index (χ0n) is 12.0. The fourth-order valence-electron chi connectivity index (χ4n) is 3.29. The average Bonchev–Trinajstić information content (AvgIpc) is 2.88. The highest BCUT2D eigenvalue weighted by Gasteiger charge is 2.18. The van der Waals surface area contributed by atoms with Crippen molar-refractivity contribution in [3.05, 3.63) is 35.5 Å². The first-order valence-electron chi connectivity index (χ1n) is 7.48. The molecule has 20 heavy (non-hydrogen) atoms. The molecular weight excluding hydrogens is 246 g/mol. The summed E-state index contributed by atoms with van der Waals surface area (Å²) in [5.41, 5.74) is 3.22. The summed E-state index contributed by atoms with van der Waals surface area (Å²) in [5, 5.41) is 10.2. The van der Waals surface area contributed by atoms with Gasteiger partial charge < -0.3 is 9.88 Å². The molecule has 1 N–H and O–H groups in total. The number of likely N-dealkylation sites (tertiary alicyclic amines) is 1. The van der Waals surface area contributed by atoms with Gasteiger partial charge in [-0.2, -0.15) is 5.26 Å². The number of aryl methyl sites for hydroxylation is 1. The molecule has 0 aliphatic carbocycles. The highest BCUT2D eigenvalue weighted by molar-refractivity contribution is 5.84. The van der Waals surface area contributed by atoms with Gasteiger partial charge in [-0.1, -0.05) is 6.42 Å². The van der Waals surface area contributed by atoms with E-state index in [0.29, 0.717) is 6.04 Å². The molecule has 0 bridgehead atoms. The Labute approximate surface area is 120 Å². The van der Waals surface area contributed by atoms with E-state index in [1.54, 1.807) is 0 Å². The van der Waals surface area contributed by atoms with E-state index in [4.69, 9.17) is 5.26 Å². The Morgan fingerprint density at radius 2 is 2.30 bits per heavy atom. The molecule has 1 saturated heterocycles. The summed E-state index contributed by atoms with van der Waals surface area (Å²) < 4.78 is 0. The van der Waals surface area contributed by atoms with E-state index in [1.807, 2.05) is 18.2 Å². The van der Waals surface area contributed by atoms with Crippen LogP contribution in [-0.2, 0) is 6.42 Å². The van der Waals surface area contributed by atoms with Crippen molar-refractivity contribution in [3.63, 3.8) is 0 Å². The third kappa shape index (κ3) is 2.57. The standard InChI is InChI=1S/C17H21N3/c1-20-9-3-2-4-15(20)7-6-14-12-19-17-8-5-13(11-18)10-16(14)17/h5,8,10,12,15,19H,2-4,6-7,9H2,1H3. The van der Waals surface area contributed by atoms with E-state index in [1.165, 1.54) is 43.2 Å². The van der Waals surface area contributed by atoms with Gasteiger partial charge in [0, 0.05) is 23.1 Å². The number of nitrogens with zero attached hydrogens (tertiary/aromatic N) is 2. The molecule has 1 atom stereocenters. The first-order valence-corrected chi connectivity index (χ1v) is 7.48. The molecule has 0 spiro atoms. The summed E-state index contributed by atoms with van der Waals surface area (Å²) in [6.45, 7) is 1.23. The van der Waals surface area contributed by atoms with Crippen molar-refractivity contribution in [1.29, 1.82) is 5.26 Å². The van der Waals surface area contributed by atoms with Crippen LogP contribution in [0, 0.1) is 11.3 Å². The van der Waals surface area contributed by atoms with Crippen molar-refractivity contribution in [2.75, 3.05) is 13.6 Å². The lowest BCUT2D eigenvalue weighted by Crippen LogP contribution is -2.36. The Kier molecular flexibility index (Phi) is 3.75. The first kappa shape index (κ1) is 13.2. The molecule has 2 aromatic rings. The number of H-pyrrole nitrogens is 1. The molecule has 1 aromatic heterocycles. The number of hydrogen-bond donors (Lipinski definition) is 1. The number of aromatic nitrogens is 1. The van der Waals surface area contributed by atoms with Crippen molar-refractivity contribution in [1.82, 2.24) is 9.88 Å². The van der Waals surface area contributed by atoms with E-state index in [9.17, 15) is 0 Å². The largest absolute Gasteiger partial charge is 0.361 e.